The zero-order valence-electron chi connectivity index (χ0n) is 23.6. The molecular formula is C32H40N4O4. The van der Waals surface area contributed by atoms with E-state index in [1.807, 2.05) is 85.6 Å². The fourth-order valence-corrected chi connectivity index (χ4v) is 4.90. The van der Waals surface area contributed by atoms with Gasteiger partial charge in [0.05, 0.1) is 19.3 Å². The number of amides is 2. The molecule has 4 rings (SSSR count). The first-order chi connectivity index (χ1) is 19.4. The highest BCUT2D eigenvalue weighted by atomic mass is 16.5. The molecule has 8 heteroatoms. The number of ether oxygens (including phenoxy) is 1. The van der Waals surface area contributed by atoms with Crippen LogP contribution in [0.2, 0.25) is 0 Å². The molecule has 1 aliphatic rings. The van der Waals surface area contributed by atoms with E-state index in [0.717, 1.165) is 41.2 Å². The van der Waals surface area contributed by atoms with Gasteiger partial charge in [-0.15, -0.1) is 0 Å². The van der Waals surface area contributed by atoms with Crippen molar-refractivity contribution in [2.24, 2.45) is 0 Å². The minimum absolute atomic E-state index is 0.0714. The first kappa shape index (κ1) is 29.1. The van der Waals surface area contributed by atoms with Crippen molar-refractivity contribution in [2.75, 3.05) is 43.6 Å². The molecule has 0 bridgehead atoms. The van der Waals surface area contributed by atoms with Gasteiger partial charge in [-0.25, -0.2) is 0 Å². The number of benzene rings is 3. The van der Waals surface area contributed by atoms with Crippen LogP contribution in [0.3, 0.4) is 0 Å². The Labute approximate surface area is 236 Å². The molecule has 3 N–H and O–H groups in total. The maximum absolute atomic E-state index is 13.6. The molecule has 1 aliphatic heterocycles. The van der Waals surface area contributed by atoms with Gasteiger partial charge < -0.3 is 30.3 Å². The Morgan fingerprint density at radius 1 is 1.07 bits per heavy atom. The zero-order chi connectivity index (χ0) is 28.5. The van der Waals surface area contributed by atoms with Crippen molar-refractivity contribution in [1.29, 1.82) is 0 Å². The number of nitrogens with zero attached hydrogens (tertiary/aromatic N) is 2. The third kappa shape index (κ3) is 7.61. The number of aliphatic hydroxyl groups is 1. The van der Waals surface area contributed by atoms with E-state index in [0.29, 0.717) is 38.0 Å². The third-order valence-corrected chi connectivity index (χ3v) is 7.36. The number of nitrogens with one attached hydrogen (secondary N) is 2. The molecular weight excluding hydrogens is 504 g/mol. The number of hydrogen-bond donors (Lipinski definition) is 3. The Morgan fingerprint density at radius 2 is 1.85 bits per heavy atom. The second-order valence-electron chi connectivity index (χ2n) is 10.2. The fraction of sp³-hybridized carbons (Fsp3) is 0.375. The first-order valence-corrected chi connectivity index (χ1v) is 13.9. The molecule has 1 heterocycles. The van der Waals surface area contributed by atoms with Gasteiger partial charge in [0.2, 0.25) is 5.91 Å². The van der Waals surface area contributed by atoms with Crippen molar-refractivity contribution < 1.29 is 19.4 Å². The zero-order valence-corrected chi connectivity index (χ0v) is 23.6. The van der Waals surface area contributed by atoms with Crippen molar-refractivity contribution in [2.45, 2.75) is 44.9 Å². The molecule has 0 aliphatic carbocycles. The summed E-state index contributed by atoms with van der Waals surface area (Å²) in [7, 11) is 3.59. The summed E-state index contributed by atoms with van der Waals surface area (Å²) in [6.07, 6.45) is 0.961. The predicted molar refractivity (Wildman–Crippen MR) is 159 cm³/mol. The Hall–Kier alpha value is -3.88. The van der Waals surface area contributed by atoms with Crippen molar-refractivity contribution in [3.05, 3.63) is 89.5 Å². The van der Waals surface area contributed by atoms with Crippen LogP contribution in [-0.4, -0.2) is 62.9 Å². The number of rotatable bonds is 13. The standard InChI is InChI=1S/C32H40N4O4/c1-4-35(2)26-18-25(19-27(20-26)36-15-9-14-31(36)38)32(39)34-29(17-23-10-6-5-7-11-23)30(37)22-33-21-24-12-8-13-28(16-24)40-3/h5-8,10-13,16,18-20,29-30,33,37H,4,9,14-15,17,21-22H2,1-3H3,(H,34,39). The Bertz CT molecular complexity index is 1280. The quantitative estimate of drug-likeness (QED) is 0.303. The Balaban J connectivity index is 1.52. The number of carbonyl (C=O) groups is 2. The fourth-order valence-electron chi connectivity index (χ4n) is 4.90. The van der Waals surface area contributed by atoms with Crippen molar-refractivity contribution in [1.82, 2.24) is 10.6 Å². The molecule has 0 aromatic heterocycles. The molecule has 0 radical (unpaired) electrons. The minimum Gasteiger partial charge on any atom is -0.497 e. The van der Waals surface area contributed by atoms with Gasteiger partial charge in [-0.1, -0.05) is 42.5 Å². The number of carbonyl (C=O) groups excluding carboxylic acids is 2. The van der Waals surface area contributed by atoms with Gasteiger partial charge >= 0.3 is 0 Å². The van der Waals surface area contributed by atoms with E-state index in [-0.39, 0.29) is 11.8 Å². The average Bonchev–Trinajstić information content (AvgIpc) is 3.42. The predicted octanol–water partition coefficient (Wildman–Crippen LogP) is 3.77. The molecule has 212 valence electrons. The summed E-state index contributed by atoms with van der Waals surface area (Å²) < 4.78 is 5.30. The maximum atomic E-state index is 13.6. The lowest BCUT2D eigenvalue weighted by molar-refractivity contribution is -0.117. The normalized spacial score (nSPS) is 14.6. The summed E-state index contributed by atoms with van der Waals surface area (Å²) in [5, 5.41) is 17.6. The Kier molecular flexibility index (Phi) is 10.2. The molecule has 8 nitrogen and oxygen atoms in total. The summed E-state index contributed by atoms with van der Waals surface area (Å²) in [5.41, 5.74) is 4.11. The molecule has 2 amide bonds. The molecule has 1 fully saturated rings. The highest BCUT2D eigenvalue weighted by Gasteiger charge is 2.26. The van der Waals surface area contributed by atoms with Gasteiger partial charge in [0.15, 0.2) is 0 Å². The van der Waals surface area contributed by atoms with Crippen LogP contribution in [0.4, 0.5) is 11.4 Å². The summed E-state index contributed by atoms with van der Waals surface area (Å²) in [5.74, 6) is 0.564. The van der Waals surface area contributed by atoms with Crippen LogP contribution in [0.15, 0.2) is 72.8 Å². The van der Waals surface area contributed by atoms with E-state index in [9.17, 15) is 14.7 Å². The molecule has 0 saturated carbocycles. The number of anilines is 2. The topological polar surface area (TPSA) is 94.1 Å². The smallest absolute Gasteiger partial charge is 0.251 e. The molecule has 0 spiro atoms. The van der Waals surface area contributed by atoms with Crippen LogP contribution in [0, 0.1) is 0 Å². The molecule has 40 heavy (non-hydrogen) atoms. The second-order valence-corrected chi connectivity index (χ2v) is 10.2. The molecule has 3 aromatic carbocycles. The van der Waals surface area contributed by atoms with E-state index in [2.05, 4.69) is 10.6 Å². The summed E-state index contributed by atoms with van der Waals surface area (Å²) >= 11 is 0. The largest absolute Gasteiger partial charge is 0.497 e. The van der Waals surface area contributed by atoms with Crippen molar-refractivity contribution >= 4 is 23.2 Å². The van der Waals surface area contributed by atoms with Crippen LogP contribution < -0.4 is 25.2 Å². The minimum atomic E-state index is -0.837. The number of methoxy groups -OCH3 is 1. The van der Waals surface area contributed by atoms with Crippen LogP contribution in [0.5, 0.6) is 5.75 Å². The molecule has 2 unspecified atom stereocenters. The van der Waals surface area contributed by atoms with E-state index >= 15 is 0 Å². The third-order valence-electron chi connectivity index (χ3n) is 7.36. The van der Waals surface area contributed by atoms with Crippen molar-refractivity contribution in [3.63, 3.8) is 0 Å². The number of hydrogen-bond acceptors (Lipinski definition) is 6. The highest BCUT2D eigenvalue weighted by molar-refractivity contribution is 6.00. The lowest BCUT2D eigenvalue weighted by Gasteiger charge is -2.26. The maximum Gasteiger partial charge on any atom is 0.251 e. The SMILES string of the molecule is CCN(C)c1cc(C(=O)NC(Cc2ccccc2)C(O)CNCc2cccc(OC)c2)cc(N2CCCC2=O)c1. The lowest BCUT2D eigenvalue weighted by Crippen LogP contribution is -2.48. The van der Waals surface area contributed by atoms with Gasteiger partial charge in [0, 0.05) is 56.6 Å². The van der Waals surface area contributed by atoms with E-state index in [1.54, 1.807) is 18.1 Å². The molecule has 1 saturated heterocycles. The highest BCUT2D eigenvalue weighted by Crippen LogP contribution is 2.28. The van der Waals surface area contributed by atoms with Crippen molar-refractivity contribution in [3.8, 4) is 5.75 Å². The van der Waals surface area contributed by atoms with Crippen LogP contribution >= 0.6 is 0 Å². The van der Waals surface area contributed by atoms with Gasteiger partial charge in [-0.3, -0.25) is 9.59 Å². The Morgan fingerprint density at radius 3 is 2.55 bits per heavy atom. The van der Waals surface area contributed by atoms with E-state index in [4.69, 9.17) is 4.74 Å². The monoisotopic (exact) mass is 544 g/mol. The summed E-state index contributed by atoms with van der Waals surface area (Å²) in [6, 6.07) is 22.6. The summed E-state index contributed by atoms with van der Waals surface area (Å²) in [6.45, 7) is 4.29. The van der Waals surface area contributed by atoms with Crippen LogP contribution in [-0.2, 0) is 17.8 Å². The van der Waals surface area contributed by atoms with Gasteiger partial charge in [0.25, 0.3) is 5.91 Å². The average molecular weight is 545 g/mol. The van der Waals surface area contributed by atoms with Gasteiger partial charge in [0.1, 0.15) is 5.75 Å². The van der Waals surface area contributed by atoms with Crippen LogP contribution in [0.1, 0.15) is 41.3 Å². The number of aliphatic hydroxyl groups excluding tert-OH is 1. The first-order valence-electron chi connectivity index (χ1n) is 13.9. The molecule has 2 atom stereocenters. The van der Waals surface area contributed by atoms with Crippen LogP contribution in [0.25, 0.3) is 0 Å². The lowest BCUT2D eigenvalue weighted by atomic mass is 10.00. The molecule has 3 aromatic rings. The second kappa shape index (κ2) is 14.0. The van der Waals surface area contributed by atoms with E-state index < -0.39 is 12.1 Å². The van der Waals surface area contributed by atoms with Gasteiger partial charge in [-0.05, 0) is 61.2 Å². The summed E-state index contributed by atoms with van der Waals surface area (Å²) in [4.78, 5) is 29.9. The van der Waals surface area contributed by atoms with Gasteiger partial charge in [-0.2, -0.15) is 0 Å². The van der Waals surface area contributed by atoms with E-state index in [1.165, 1.54) is 0 Å².